The Morgan fingerprint density at radius 1 is 1.00 bits per heavy atom. The van der Waals surface area contributed by atoms with Gasteiger partial charge in [-0.25, -0.2) is 4.68 Å². The van der Waals surface area contributed by atoms with E-state index in [1.165, 1.54) is 0 Å². The van der Waals surface area contributed by atoms with E-state index < -0.39 is 10.1 Å². The molecule has 3 rings (SSSR count). The summed E-state index contributed by atoms with van der Waals surface area (Å²) in [4.78, 5) is 12.3. The second-order valence-electron chi connectivity index (χ2n) is 4.92. The molecule has 0 bridgehead atoms. The van der Waals surface area contributed by atoms with Crippen LogP contribution in [0.1, 0.15) is 0 Å². The minimum Gasteiger partial charge on any atom is -0.382 e. The monoisotopic (exact) mass is 330 g/mol. The van der Waals surface area contributed by atoms with E-state index in [2.05, 4.69) is 5.10 Å². The molecule has 23 heavy (non-hydrogen) atoms. The van der Waals surface area contributed by atoms with Crippen LogP contribution >= 0.6 is 0 Å². The molecule has 0 atom stereocenters. The number of nitrogens with zero attached hydrogens (tertiary/aromatic N) is 2. The molecule has 3 aromatic rings. The lowest BCUT2D eigenvalue weighted by Crippen LogP contribution is -2.27. The first-order chi connectivity index (χ1) is 11.1. The average Bonchev–Trinajstić information content (AvgIpc) is 2.55. The van der Waals surface area contributed by atoms with Gasteiger partial charge in [-0.3, -0.25) is 4.79 Å². The van der Waals surface area contributed by atoms with E-state index >= 15 is 0 Å². The molecule has 0 aliphatic heterocycles. The molecule has 0 spiro atoms. The SMILES string of the molecule is O=c1c2ccccc2cnn1CCS(=O)(=O)Oc1ccccc1. The molecular formula is C16H14N2O4S. The van der Waals surface area contributed by atoms with Gasteiger partial charge in [-0.2, -0.15) is 13.5 Å². The first kappa shape index (κ1) is 15.2. The topological polar surface area (TPSA) is 78.3 Å². The second kappa shape index (κ2) is 6.21. The van der Waals surface area contributed by atoms with Crippen molar-refractivity contribution in [3.63, 3.8) is 0 Å². The molecule has 1 aromatic heterocycles. The Labute approximate surface area is 133 Å². The summed E-state index contributed by atoms with van der Waals surface area (Å²) >= 11 is 0. The molecule has 0 saturated carbocycles. The molecule has 2 aromatic carbocycles. The summed E-state index contributed by atoms with van der Waals surface area (Å²) in [5.41, 5.74) is -0.321. The number of benzene rings is 2. The Bertz CT molecular complexity index is 982. The highest BCUT2D eigenvalue weighted by Crippen LogP contribution is 2.12. The van der Waals surface area contributed by atoms with Gasteiger partial charge in [0.1, 0.15) is 11.5 Å². The van der Waals surface area contributed by atoms with Gasteiger partial charge in [0.25, 0.3) is 5.56 Å². The highest BCUT2D eigenvalue weighted by atomic mass is 32.2. The van der Waals surface area contributed by atoms with Crippen molar-refractivity contribution in [1.29, 1.82) is 0 Å². The zero-order valence-electron chi connectivity index (χ0n) is 12.1. The summed E-state index contributed by atoms with van der Waals surface area (Å²) in [6.07, 6.45) is 1.54. The van der Waals surface area contributed by atoms with Crippen LogP contribution in [0.25, 0.3) is 10.8 Å². The maximum atomic E-state index is 12.3. The van der Waals surface area contributed by atoms with E-state index in [-0.39, 0.29) is 23.6 Å². The fraction of sp³-hybridized carbons (Fsp3) is 0.125. The highest BCUT2D eigenvalue weighted by Gasteiger charge is 2.14. The summed E-state index contributed by atoms with van der Waals surface area (Å²) in [6, 6.07) is 15.3. The van der Waals surface area contributed by atoms with E-state index in [4.69, 9.17) is 4.18 Å². The van der Waals surface area contributed by atoms with Gasteiger partial charge >= 0.3 is 10.1 Å². The predicted molar refractivity (Wildman–Crippen MR) is 86.9 cm³/mol. The lowest BCUT2D eigenvalue weighted by Gasteiger charge is -2.08. The quantitative estimate of drug-likeness (QED) is 0.667. The molecule has 0 amide bonds. The molecule has 0 aliphatic rings. The molecule has 0 fully saturated rings. The number of rotatable bonds is 5. The van der Waals surface area contributed by atoms with Crippen molar-refractivity contribution in [1.82, 2.24) is 9.78 Å². The van der Waals surface area contributed by atoms with E-state index in [0.717, 1.165) is 10.1 Å². The third kappa shape index (κ3) is 3.57. The molecular weight excluding hydrogens is 316 g/mol. The Hall–Kier alpha value is -2.67. The van der Waals surface area contributed by atoms with Crippen LogP contribution in [0.15, 0.2) is 65.6 Å². The zero-order chi connectivity index (χ0) is 16.3. The van der Waals surface area contributed by atoms with Crippen LogP contribution in [-0.2, 0) is 16.7 Å². The molecule has 118 valence electrons. The third-order valence-electron chi connectivity index (χ3n) is 3.28. The number of aryl methyl sites for hydroxylation is 1. The van der Waals surface area contributed by atoms with Gasteiger partial charge in [-0.1, -0.05) is 36.4 Å². The summed E-state index contributed by atoms with van der Waals surface area (Å²) in [5.74, 6) is -0.0982. The lowest BCUT2D eigenvalue weighted by molar-refractivity contribution is 0.477. The van der Waals surface area contributed by atoms with Crippen LogP contribution in [-0.4, -0.2) is 24.0 Å². The van der Waals surface area contributed by atoms with E-state index in [0.29, 0.717) is 5.39 Å². The maximum Gasteiger partial charge on any atom is 0.311 e. The smallest absolute Gasteiger partial charge is 0.311 e. The van der Waals surface area contributed by atoms with Gasteiger partial charge in [0, 0.05) is 5.39 Å². The maximum absolute atomic E-state index is 12.3. The van der Waals surface area contributed by atoms with Crippen LogP contribution in [0.3, 0.4) is 0 Å². The van der Waals surface area contributed by atoms with Gasteiger partial charge in [-0.15, -0.1) is 0 Å². The number of para-hydroxylation sites is 1. The first-order valence-electron chi connectivity index (χ1n) is 6.97. The number of fused-ring (bicyclic) bond motifs is 1. The van der Waals surface area contributed by atoms with Gasteiger partial charge in [0.15, 0.2) is 0 Å². The fourth-order valence-corrected chi connectivity index (χ4v) is 3.03. The molecule has 0 N–H and O–H groups in total. The van der Waals surface area contributed by atoms with E-state index in [9.17, 15) is 13.2 Å². The molecule has 0 unspecified atom stereocenters. The van der Waals surface area contributed by atoms with E-state index in [1.807, 2.05) is 6.07 Å². The van der Waals surface area contributed by atoms with Crippen molar-refractivity contribution >= 4 is 20.9 Å². The predicted octanol–water partition coefficient (Wildman–Crippen LogP) is 1.81. The molecule has 6 nitrogen and oxygen atoms in total. The number of hydrogen-bond acceptors (Lipinski definition) is 5. The van der Waals surface area contributed by atoms with Gasteiger partial charge < -0.3 is 4.18 Å². The van der Waals surface area contributed by atoms with Crippen LogP contribution in [0.2, 0.25) is 0 Å². The third-order valence-corrected chi connectivity index (χ3v) is 4.41. The van der Waals surface area contributed by atoms with Gasteiger partial charge in [0.05, 0.1) is 18.1 Å². The molecule has 7 heteroatoms. The Kier molecular flexibility index (Phi) is 4.12. The van der Waals surface area contributed by atoms with Crippen molar-refractivity contribution in [2.24, 2.45) is 0 Å². The molecule has 1 heterocycles. The second-order valence-corrected chi connectivity index (χ2v) is 6.61. The fourth-order valence-electron chi connectivity index (χ4n) is 2.15. The van der Waals surface area contributed by atoms with Crippen LogP contribution < -0.4 is 9.74 Å². The summed E-state index contributed by atoms with van der Waals surface area (Å²) < 4.78 is 30.1. The van der Waals surface area contributed by atoms with Crippen LogP contribution in [0, 0.1) is 0 Å². The molecule has 0 saturated heterocycles. The average molecular weight is 330 g/mol. The van der Waals surface area contributed by atoms with Gasteiger partial charge in [0.2, 0.25) is 0 Å². The molecule has 0 radical (unpaired) electrons. The summed E-state index contributed by atoms with van der Waals surface area (Å²) in [6.45, 7) is -0.0706. The first-order valence-corrected chi connectivity index (χ1v) is 8.55. The van der Waals surface area contributed by atoms with Crippen molar-refractivity contribution in [3.05, 3.63) is 71.1 Å². The Morgan fingerprint density at radius 2 is 1.70 bits per heavy atom. The van der Waals surface area contributed by atoms with Gasteiger partial charge in [-0.05, 0) is 18.2 Å². The normalized spacial score (nSPS) is 11.5. The van der Waals surface area contributed by atoms with Crippen molar-refractivity contribution in [2.75, 3.05) is 5.75 Å². The standard InChI is InChI=1S/C16H14N2O4S/c19-16-15-9-5-4-6-13(15)12-17-18(16)10-11-23(20,21)22-14-7-2-1-3-8-14/h1-9,12H,10-11H2. The van der Waals surface area contributed by atoms with Crippen LogP contribution in [0.4, 0.5) is 0 Å². The Morgan fingerprint density at radius 3 is 2.48 bits per heavy atom. The number of hydrogen-bond donors (Lipinski definition) is 0. The van der Waals surface area contributed by atoms with Crippen LogP contribution in [0.5, 0.6) is 5.75 Å². The minimum absolute atomic E-state index is 0.0706. The lowest BCUT2D eigenvalue weighted by atomic mass is 10.2. The van der Waals surface area contributed by atoms with Crippen molar-refractivity contribution in [3.8, 4) is 5.75 Å². The summed E-state index contributed by atoms with van der Waals surface area (Å²) in [7, 11) is -3.80. The van der Waals surface area contributed by atoms with Crippen molar-refractivity contribution < 1.29 is 12.6 Å². The minimum atomic E-state index is -3.80. The highest BCUT2D eigenvalue weighted by molar-refractivity contribution is 7.87. The zero-order valence-corrected chi connectivity index (χ0v) is 12.9. The number of aromatic nitrogens is 2. The summed E-state index contributed by atoms with van der Waals surface area (Å²) in [5, 5.41) is 5.22. The van der Waals surface area contributed by atoms with E-state index in [1.54, 1.807) is 54.7 Å². The Balaban J connectivity index is 1.78. The molecule has 0 aliphatic carbocycles. The largest absolute Gasteiger partial charge is 0.382 e. The van der Waals surface area contributed by atoms with Crippen molar-refractivity contribution in [2.45, 2.75) is 6.54 Å².